The molecular weight excluding hydrogens is 497 g/mol. The minimum Gasteiger partial charge on any atom is -0.450 e. The number of thioether (sulfide) groups is 1. The lowest BCUT2D eigenvalue weighted by atomic mass is 9.98. The summed E-state index contributed by atoms with van der Waals surface area (Å²) in [7, 11) is 0. The number of nitrogens with zero attached hydrogens (tertiary/aromatic N) is 3. The smallest absolute Gasteiger partial charge is 0.297 e. The van der Waals surface area contributed by atoms with Crippen LogP contribution in [0, 0.1) is 12.7 Å². The van der Waals surface area contributed by atoms with Gasteiger partial charge in [0.2, 0.25) is 10.9 Å². The van der Waals surface area contributed by atoms with E-state index in [4.69, 9.17) is 4.42 Å². The Bertz CT molecular complexity index is 1670. The molecule has 0 fully saturated rings. The van der Waals surface area contributed by atoms with Crippen LogP contribution in [0.5, 0.6) is 0 Å². The molecule has 3 aromatic carbocycles. The Balaban J connectivity index is 1.45. The summed E-state index contributed by atoms with van der Waals surface area (Å²) in [6, 6.07) is 20.2. The summed E-state index contributed by atoms with van der Waals surface area (Å²) in [6.45, 7) is 1.89. The van der Waals surface area contributed by atoms with Gasteiger partial charge in [-0.3, -0.25) is 14.5 Å². The Labute approximate surface area is 213 Å². The quantitative estimate of drug-likeness (QED) is 0.207. The molecule has 3 heterocycles. The molecule has 1 atom stereocenters. The second-order valence-electron chi connectivity index (χ2n) is 8.43. The fourth-order valence-electron chi connectivity index (χ4n) is 4.32. The first-order valence-electron chi connectivity index (χ1n) is 11.2. The van der Waals surface area contributed by atoms with Gasteiger partial charge >= 0.3 is 0 Å². The number of amides is 1. The van der Waals surface area contributed by atoms with Gasteiger partial charge in [-0.15, -0.1) is 10.2 Å². The molecule has 178 valence electrons. The van der Waals surface area contributed by atoms with Gasteiger partial charge in [-0.25, -0.2) is 4.39 Å². The van der Waals surface area contributed by atoms with Gasteiger partial charge in [-0.2, -0.15) is 0 Å². The fraction of sp³-hybridized carbons (Fsp3) is 0.111. The number of anilines is 1. The maximum Gasteiger partial charge on any atom is 0.297 e. The van der Waals surface area contributed by atoms with Gasteiger partial charge in [0.15, 0.2) is 9.77 Å². The van der Waals surface area contributed by atoms with Gasteiger partial charge in [-0.05, 0) is 42.3 Å². The van der Waals surface area contributed by atoms with Gasteiger partial charge in [0.25, 0.3) is 5.91 Å². The molecule has 0 unspecified atom stereocenters. The molecule has 36 heavy (non-hydrogen) atoms. The van der Waals surface area contributed by atoms with Crippen LogP contribution in [0.15, 0.2) is 86.3 Å². The van der Waals surface area contributed by atoms with Crippen LogP contribution < -0.4 is 10.3 Å². The first-order valence-corrected chi connectivity index (χ1v) is 13.0. The zero-order chi connectivity index (χ0) is 24.8. The SMILES string of the molecule is Cc1ccc2oc3c(c(=O)c2c1)[C@@H](c1ccc(F)cc1)N(c1nnc(SCc2ccccc2)s1)C3=O. The van der Waals surface area contributed by atoms with Crippen molar-refractivity contribution in [3.05, 3.63) is 117 Å². The zero-order valence-electron chi connectivity index (χ0n) is 19.0. The second kappa shape index (κ2) is 9.00. The average Bonchev–Trinajstić information content (AvgIpc) is 3.47. The number of benzene rings is 3. The third kappa shape index (κ3) is 3.90. The van der Waals surface area contributed by atoms with Gasteiger partial charge in [0.1, 0.15) is 11.4 Å². The number of rotatable bonds is 5. The van der Waals surface area contributed by atoms with Gasteiger partial charge in [-0.1, -0.05) is 77.2 Å². The van der Waals surface area contributed by atoms with Crippen molar-refractivity contribution < 1.29 is 13.6 Å². The van der Waals surface area contributed by atoms with Crippen LogP contribution >= 0.6 is 23.1 Å². The van der Waals surface area contributed by atoms with Crippen LogP contribution in [0.1, 0.15) is 38.9 Å². The summed E-state index contributed by atoms with van der Waals surface area (Å²) >= 11 is 2.78. The van der Waals surface area contributed by atoms with E-state index in [1.807, 2.05) is 43.3 Å². The lowest BCUT2D eigenvalue weighted by molar-refractivity contribution is 0.0970. The molecule has 9 heteroatoms. The molecule has 1 amide bonds. The minimum atomic E-state index is -0.811. The molecule has 0 saturated carbocycles. The molecule has 0 N–H and O–H groups in total. The number of aryl methyl sites for hydroxylation is 1. The molecule has 6 nitrogen and oxygen atoms in total. The molecule has 6 rings (SSSR count). The zero-order valence-corrected chi connectivity index (χ0v) is 20.6. The van der Waals surface area contributed by atoms with Crippen molar-refractivity contribution >= 4 is 45.1 Å². The van der Waals surface area contributed by atoms with Gasteiger partial charge < -0.3 is 4.42 Å². The van der Waals surface area contributed by atoms with Crippen molar-refractivity contribution in [3.63, 3.8) is 0 Å². The predicted molar refractivity (Wildman–Crippen MR) is 138 cm³/mol. The van der Waals surface area contributed by atoms with E-state index in [1.54, 1.807) is 24.3 Å². The summed E-state index contributed by atoms with van der Waals surface area (Å²) in [6.07, 6.45) is 0. The van der Waals surface area contributed by atoms with Crippen molar-refractivity contribution in [2.45, 2.75) is 23.1 Å². The van der Waals surface area contributed by atoms with Crippen molar-refractivity contribution in [2.75, 3.05) is 4.90 Å². The average molecular weight is 516 g/mol. The first-order chi connectivity index (χ1) is 17.5. The molecular formula is C27H18FN3O3S2. The monoisotopic (exact) mass is 515 g/mol. The van der Waals surface area contributed by atoms with Crippen LogP contribution in [0.25, 0.3) is 11.0 Å². The number of hydrogen-bond donors (Lipinski definition) is 0. The molecule has 0 saturated heterocycles. The molecule has 1 aliphatic rings. The van der Waals surface area contributed by atoms with Crippen molar-refractivity contribution in [1.82, 2.24) is 10.2 Å². The number of hydrogen-bond acceptors (Lipinski definition) is 7. The van der Waals surface area contributed by atoms with Crippen LogP contribution in [-0.4, -0.2) is 16.1 Å². The normalized spacial score (nSPS) is 15.0. The maximum absolute atomic E-state index is 13.7. The van der Waals surface area contributed by atoms with Crippen molar-refractivity contribution in [3.8, 4) is 0 Å². The maximum atomic E-state index is 13.7. The predicted octanol–water partition coefficient (Wildman–Crippen LogP) is 6.13. The lowest BCUT2D eigenvalue weighted by Gasteiger charge is -2.22. The number of fused-ring (bicyclic) bond motifs is 2. The van der Waals surface area contributed by atoms with Gasteiger partial charge in [0, 0.05) is 5.75 Å². The van der Waals surface area contributed by atoms with E-state index in [1.165, 1.54) is 40.1 Å². The summed E-state index contributed by atoms with van der Waals surface area (Å²) in [4.78, 5) is 28.7. The van der Waals surface area contributed by atoms with E-state index in [2.05, 4.69) is 10.2 Å². The molecule has 0 radical (unpaired) electrons. The standard InChI is InChI=1S/C27H18FN3O3S2/c1-15-7-12-20-19(13-15)23(32)21-22(17-8-10-18(28)11-9-17)31(25(33)24(21)34-20)26-29-30-27(36-26)35-14-16-5-3-2-4-6-16/h2-13,22H,14H2,1H3/t22-/m1/s1. The van der Waals surface area contributed by atoms with Crippen LogP contribution in [-0.2, 0) is 5.75 Å². The van der Waals surface area contributed by atoms with E-state index in [0.29, 0.717) is 31.8 Å². The van der Waals surface area contributed by atoms with E-state index >= 15 is 0 Å². The Morgan fingerprint density at radius 3 is 2.58 bits per heavy atom. The summed E-state index contributed by atoms with van der Waals surface area (Å²) in [5, 5.41) is 9.30. The lowest BCUT2D eigenvalue weighted by Crippen LogP contribution is -2.29. The third-order valence-corrected chi connectivity index (χ3v) is 8.15. The highest BCUT2D eigenvalue weighted by Gasteiger charge is 2.45. The first kappa shape index (κ1) is 22.6. The number of aromatic nitrogens is 2. The highest BCUT2D eigenvalue weighted by Crippen LogP contribution is 2.43. The van der Waals surface area contributed by atoms with Crippen LogP contribution in [0.4, 0.5) is 9.52 Å². The molecule has 1 aliphatic heterocycles. The van der Waals surface area contributed by atoms with E-state index < -0.39 is 17.8 Å². The molecule has 0 spiro atoms. The number of carbonyl (C=O) groups excluding carboxylic acids is 1. The molecule has 0 bridgehead atoms. The molecule has 2 aromatic heterocycles. The molecule has 0 aliphatic carbocycles. The Morgan fingerprint density at radius 2 is 1.81 bits per heavy atom. The van der Waals surface area contributed by atoms with Crippen molar-refractivity contribution in [1.29, 1.82) is 0 Å². The third-order valence-electron chi connectivity index (χ3n) is 6.02. The Hall–Kier alpha value is -3.82. The summed E-state index contributed by atoms with van der Waals surface area (Å²) in [5.74, 6) is -0.212. The fourth-order valence-corrected chi connectivity index (χ4v) is 6.15. The molecule has 5 aromatic rings. The number of halogens is 1. The van der Waals surface area contributed by atoms with Crippen LogP contribution in [0.2, 0.25) is 0 Å². The van der Waals surface area contributed by atoms with Crippen molar-refractivity contribution in [2.24, 2.45) is 0 Å². The van der Waals surface area contributed by atoms with E-state index in [9.17, 15) is 14.0 Å². The minimum absolute atomic E-state index is 0.0284. The van der Waals surface area contributed by atoms with Crippen LogP contribution in [0.3, 0.4) is 0 Å². The highest BCUT2D eigenvalue weighted by atomic mass is 32.2. The highest BCUT2D eigenvalue weighted by molar-refractivity contribution is 8.00. The Morgan fingerprint density at radius 1 is 1.03 bits per heavy atom. The largest absolute Gasteiger partial charge is 0.450 e. The van der Waals surface area contributed by atoms with E-state index in [-0.39, 0.29) is 16.8 Å². The van der Waals surface area contributed by atoms with Gasteiger partial charge in [0.05, 0.1) is 17.0 Å². The number of carbonyl (C=O) groups is 1. The second-order valence-corrected chi connectivity index (χ2v) is 10.6. The summed E-state index contributed by atoms with van der Waals surface area (Å²) in [5.41, 5.74) is 2.90. The summed E-state index contributed by atoms with van der Waals surface area (Å²) < 4.78 is 20.4. The van der Waals surface area contributed by atoms with E-state index in [0.717, 1.165) is 11.1 Å². The Kier molecular flexibility index (Phi) is 5.66. The topological polar surface area (TPSA) is 76.3 Å².